The average Bonchev–Trinajstić information content (AvgIpc) is 2.72. The molecule has 3 heteroatoms. The second-order valence-corrected chi connectivity index (χ2v) is 4.51. The van der Waals surface area contributed by atoms with Gasteiger partial charge in [0, 0.05) is 12.4 Å². The zero-order valence-electron chi connectivity index (χ0n) is 8.32. The van der Waals surface area contributed by atoms with Crippen LogP contribution in [0.3, 0.4) is 0 Å². The van der Waals surface area contributed by atoms with Gasteiger partial charge in [0.25, 0.3) is 0 Å². The van der Waals surface area contributed by atoms with Crippen LogP contribution >= 0.6 is 0 Å². The summed E-state index contributed by atoms with van der Waals surface area (Å²) in [5.41, 5.74) is -0.0409. The van der Waals surface area contributed by atoms with Crippen LogP contribution in [0.5, 0.6) is 0 Å². The minimum Gasteiger partial charge on any atom is -0.481 e. The van der Waals surface area contributed by atoms with Crippen LogP contribution in [0, 0.1) is 5.41 Å². The molecule has 0 amide bonds. The molecule has 1 fully saturated rings. The standard InChI is InChI=1S/C11H13NO2/c1-10(2)7-11(10,9(13)14)8-4-3-5-12-6-8/h3-6H,7H2,1-2H3,(H,13,14). The summed E-state index contributed by atoms with van der Waals surface area (Å²) in [6, 6.07) is 3.63. The maximum atomic E-state index is 11.3. The largest absolute Gasteiger partial charge is 0.481 e. The van der Waals surface area contributed by atoms with Gasteiger partial charge in [-0.2, -0.15) is 0 Å². The van der Waals surface area contributed by atoms with E-state index in [2.05, 4.69) is 4.98 Å². The molecule has 0 spiro atoms. The Morgan fingerprint density at radius 1 is 1.57 bits per heavy atom. The summed E-state index contributed by atoms with van der Waals surface area (Å²) in [6.07, 6.45) is 4.01. The molecule has 0 aliphatic heterocycles. The fourth-order valence-corrected chi connectivity index (χ4v) is 2.22. The van der Waals surface area contributed by atoms with Crippen LogP contribution in [0.2, 0.25) is 0 Å². The number of aromatic nitrogens is 1. The van der Waals surface area contributed by atoms with Gasteiger partial charge in [-0.05, 0) is 23.5 Å². The maximum absolute atomic E-state index is 11.3. The van der Waals surface area contributed by atoms with E-state index < -0.39 is 11.4 Å². The average molecular weight is 191 g/mol. The highest BCUT2D eigenvalue weighted by atomic mass is 16.4. The van der Waals surface area contributed by atoms with E-state index in [0.29, 0.717) is 6.42 Å². The molecule has 1 N–H and O–H groups in total. The third-order valence-corrected chi connectivity index (χ3v) is 3.26. The molecule has 1 aliphatic carbocycles. The van der Waals surface area contributed by atoms with E-state index in [1.165, 1.54) is 0 Å². The zero-order chi connectivity index (χ0) is 10.4. The van der Waals surface area contributed by atoms with Crippen molar-refractivity contribution in [3.05, 3.63) is 30.1 Å². The molecule has 2 rings (SSSR count). The highest BCUT2D eigenvalue weighted by Crippen LogP contribution is 2.64. The number of pyridine rings is 1. The molecule has 0 saturated heterocycles. The first-order valence-electron chi connectivity index (χ1n) is 4.65. The zero-order valence-corrected chi connectivity index (χ0v) is 8.32. The van der Waals surface area contributed by atoms with Crippen molar-refractivity contribution in [2.75, 3.05) is 0 Å². The van der Waals surface area contributed by atoms with E-state index in [9.17, 15) is 9.90 Å². The first-order chi connectivity index (χ1) is 6.51. The normalized spacial score (nSPS) is 28.4. The summed E-state index contributed by atoms with van der Waals surface area (Å²) in [6.45, 7) is 3.96. The Balaban J connectivity index is 2.47. The van der Waals surface area contributed by atoms with E-state index in [-0.39, 0.29) is 5.41 Å². The fraction of sp³-hybridized carbons (Fsp3) is 0.455. The van der Waals surface area contributed by atoms with E-state index in [1.807, 2.05) is 19.9 Å². The van der Waals surface area contributed by atoms with E-state index in [0.717, 1.165) is 5.56 Å². The van der Waals surface area contributed by atoms with Crippen molar-refractivity contribution in [2.24, 2.45) is 5.41 Å². The van der Waals surface area contributed by atoms with Gasteiger partial charge in [0.05, 0.1) is 5.41 Å². The summed E-state index contributed by atoms with van der Waals surface area (Å²) < 4.78 is 0. The third kappa shape index (κ3) is 0.983. The third-order valence-electron chi connectivity index (χ3n) is 3.26. The summed E-state index contributed by atoms with van der Waals surface area (Å²) in [7, 11) is 0. The van der Waals surface area contributed by atoms with Gasteiger partial charge in [-0.25, -0.2) is 0 Å². The molecule has 1 atom stereocenters. The van der Waals surface area contributed by atoms with Crippen molar-refractivity contribution in [3.63, 3.8) is 0 Å². The van der Waals surface area contributed by atoms with Crippen LogP contribution in [0.4, 0.5) is 0 Å². The molecule has 1 saturated carbocycles. The van der Waals surface area contributed by atoms with Gasteiger partial charge in [-0.15, -0.1) is 0 Å². The van der Waals surface area contributed by atoms with Gasteiger partial charge < -0.3 is 5.11 Å². The Bertz CT molecular complexity index is 372. The van der Waals surface area contributed by atoms with Crippen molar-refractivity contribution >= 4 is 5.97 Å². The quantitative estimate of drug-likeness (QED) is 0.775. The highest BCUT2D eigenvalue weighted by Gasteiger charge is 2.67. The van der Waals surface area contributed by atoms with Crippen molar-refractivity contribution in [2.45, 2.75) is 25.7 Å². The van der Waals surface area contributed by atoms with E-state index >= 15 is 0 Å². The molecule has 1 aliphatic rings. The lowest BCUT2D eigenvalue weighted by Gasteiger charge is -2.15. The van der Waals surface area contributed by atoms with Crippen molar-refractivity contribution < 1.29 is 9.90 Å². The monoisotopic (exact) mass is 191 g/mol. The number of nitrogens with zero attached hydrogens (tertiary/aromatic N) is 1. The van der Waals surface area contributed by atoms with Gasteiger partial charge in [-0.1, -0.05) is 19.9 Å². The Kier molecular flexibility index (Phi) is 1.68. The Hall–Kier alpha value is -1.38. The summed E-state index contributed by atoms with van der Waals surface area (Å²) in [5.74, 6) is -0.740. The molecule has 0 aromatic carbocycles. The van der Waals surface area contributed by atoms with Gasteiger partial charge in [0.15, 0.2) is 0 Å². The molecule has 1 aromatic rings. The Morgan fingerprint density at radius 2 is 2.21 bits per heavy atom. The SMILES string of the molecule is CC1(C)CC1(C(=O)O)c1cccnc1. The molecule has 1 aromatic heterocycles. The summed E-state index contributed by atoms with van der Waals surface area (Å²) >= 11 is 0. The number of hydrogen-bond donors (Lipinski definition) is 1. The van der Waals surface area contributed by atoms with E-state index in [4.69, 9.17) is 0 Å². The van der Waals surface area contributed by atoms with Crippen molar-refractivity contribution in [3.8, 4) is 0 Å². The lowest BCUT2D eigenvalue weighted by Crippen LogP contribution is -2.25. The Morgan fingerprint density at radius 3 is 2.57 bits per heavy atom. The second kappa shape index (κ2) is 2.56. The minimum atomic E-state index is -0.740. The number of aliphatic carboxylic acids is 1. The predicted octanol–water partition coefficient (Wildman–Crippen LogP) is 1.83. The van der Waals surface area contributed by atoms with Crippen molar-refractivity contribution in [1.82, 2.24) is 4.98 Å². The minimum absolute atomic E-state index is 0.151. The number of rotatable bonds is 2. The molecule has 1 heterocycles. The lowest BCUT2D eigenvalue weighted by atomic mass is 9.89. The van der Waals surface area contributed by atoms with E-state index in [1.54, 1.807) is 18.5 Å². The number of carbonyl (C=O) groups is 1. The van der Waals surface area contributed by atoms with Gasteiger partial charge in [0.1, 0.15) is 0 Å². The smallest absolute Gasteiger partial charge is 0.314 e. The first-order valence-corrected chi connectivity index (χ1v) is 4.65. The second-order valence-electron chi connectivity index (χ2n) is 4.51. The fourth-order valence-electron chi connectivity index (χ4n) is 2.22. The van der Waals surface area contributed by atoms with Crippen molar-refractivity contribution in [1.29, 1.82) is 0 Å². The van der Waals surface area contributed by atoms with Crippen LogP contribution in [-0.2, 0) is 10.2 Å². The molecule has 0 bridgehead atoms. The first kappa shape index (κ1) is 9.19. The maximum Gasteiger partial charge on any atom is 0.314 e. The van der Waals surface area contributed by atoms with Gasteiger partial charge >= 0.3 is 5.97 Å². The van der Waals surface area contributed by atoms with Crippen LogP contribution < -0.4 is 0 Å². The van der Waals surface area contributed by atoms with Gasteiger partial charge in [-0.3, -0.25) is 9.78 Å². The molecule has 14 heavy (non-hydrogen) atoms. The molecular weight excluding hydrogens is 178 g/mol. The Labute approximate surface area is 82.8 Å². The van der Waals surface area contributed by atoms with Crippen LogP contribution in [-0.4, -0.2) is 16.1 Å². The molecular formula is C11H13NO2. The summed E-state index contributed by atoms with van der Waals surface area (Å²) in [5, 5.41) is 9.27. The predicted molar refractivity (Wildman–Crippen MR) is 51.9 cm³/mol. The van der Waals surface area contributed by atoms with Crippen LogP contribution in [0.15, 0.2) is 24.5 Å². The number of carboxylic acid groups (broad SMARTS) is 1. The highest BCUT2D eigenvalue weighted by molar-refractivity contribution is 5.86. The van der Waals surface area contributed by atoms with Crippen LogP contribution in [0.25, 0.3) is 0 Å². The molecule has 1 unspecified atom stereocenters. The van der Waals surface area contributed by atoms with Gasteiger partial charge in [0.2, 0.25) is 0 Å². The molecule has 74 valence electrons. The number of hydrogen-bond acceptors (Lipinski definition) is 2. The van der Waals surface area contributed by atoms with Crippen LogP contribution in [0.1, 0.15) is 25.8 Å². The summed E-state index contributed by atoms with van der Waals surface area (Å²) in [4.78, 5) is 15.2. The molecule has 0 radical (unpaired) electrons. The number of carboxylic acids is 1. The lowest BCUT2D eigenvalue weighted by molar-refractivity contribution is -0.141. The topological polar surface area (TPSA) is 50.2 Å². The molecule has 3 nitrogen and oxygen atoms in total.